The maximum atomic E-state index is 13.2. The van der Waals surface area contributed by atoms with Crippen molar-refractivity contribution in [1.29, 1.82) is 0 Å². The Labute approximate surface area is 208 Å². The fourth-order valence-electron chi connectivity index (χ4n) is 4.70. The number of aliphatic hydroxyl groups is 1. The van der Waals surface area contributed by atoms with Gasteiger partial charge in [0.15, 0.2) is 0 Å². The van der Waals surface area contributed by atoms with Gasteiger partial charge in [0.2, 0.25) is 0 Å². The zero-order valence-corrected chi connectivity index (χ0v) is 20.3. The van der Waals surface area contributed by atoms with Gasteiger partial charge in [0.1, 0.15) is 11.5 Å². The van der Waals surface area contributed by atoms with Gasteiger partial charge in [-0.1, -0.05) is 0 Å². The summed E-state index contributed by atoms with van der Waals surface area (Å²) in [5, 5.41) is 22.4. The first kappa shape index (κ1) is 25.3. The predicted octanol–water partition coefficient (Wildman–Crippen LogP) is 3.06. The minimum atomic E-state index is -0.864. The molecule has 2 aromatic rings. The molecule has 1 atom stereocenters. The molecule has 1 N–H and O–H groups in total. The summed E-state index contributed by atoms with van der Waals surface area (Å²) >= 11 is 0. The number of carbonyl (C=O) groups excluding carboxylic acids is 2. The summed E-state index contributed by atoms with van der Waals surface area (Å²) in [6, 6.07) is 9.90. The molecule has 0 spiro atoms. The SMILES string of the molecule is COc1ccc(/C(O)=C2\C(=O)C(=O)N(CCCN3CCOCC3)[C@@H]2c2ccc([N+](=O)[O-])cc2)c(C)c1. The molecule has 2 aromatic carbocycles. The maximum absolute atomic E-state index is 13.2. The fraction of sp³-hybridized carbons (Fsp3) is 0.385. The number of nitro benzene ring substituents is 1. The minimum absolute atomic E-state index is 0.0338. The van der Waals surface area contributed by atoms with Crippen LogP contribution in [0.3, 0.4) is 0 Å². The lowest BCUT2D eigenvalue weighted by Gasteiger charge is -2.29. The average molecular weight is 496 g/mol. The molecule has 0 radical (unpaired) electrons. The minimum Gasteiger partial charge on any atom is -0.507 e. The zero-order chi connectivity index (χ0) is 25.8. The lowest BCUT2D eigenvalue weighted by molar-refractivity contribution is -0.384. The molecular weight excluding hydrogens is 466 g/mol. The number of ether oxygens (including phenoxy) is 2. The van der Waals surface area contributed by atoms with Crippen LogP contribution in [0.5, 0.6) is 5.75 Å². The molecule has 2 heterocycles. The maximum Gasteiger partial charge on any atom is 0.295 e. The summed E-state index contributed by atoms with van der Waals surface area (Å²) in [7, 11) is 1.53. The van der Waals surface area contributed by atoms with Gasteiger partial charge in [-0.05, 0) is 54.8 Å². The van der Waals surface area contributed by atoms with Crippen molar-refractivity contribution in [2.75, 3.05) is 46.5 Å². The smallest absolute Gasteiger partial charge is 0.295 e. The number of rotatable bonds is 8. The number of nitrogens with zero attached hydrogens (tertiary/aromatic N) is 3. The number of carbonyl (C=O) groups is 2. The highest BCUT2D eigenvalue weighted by atomic mass is 16.6. The van der Waals surface area contributed by atoms with Gasteiger partial charge < -0.3 is 19.5 Å². The highest BCUT2D eigenvalue weighted by Gasteiger charge is 2.46. The van der Waals surface area contributed by atoms with E-state index in [-0.39, 0.29) is 17.0 Å². The molecule has 10 heteroatoms. The van der Waals surface area contributed by atoms with Crippen LogP contribution in [-0.2, 0) is 14.3 Å². The molecule has 0 saturated carbocycles. The van der Waals surface area contributed by atoms with E-state index in [0.29, 0.717) is 48.6 Å². The molecule has 2 aliphatic rings. The highest BCUT2D eigenvalue weighted by Crippen LogP contribution is 2.40. The van der Waals surface area contributed by atoms with Crippen LogP contribution in [-0.4, -0.2) is 78.0 Å². The second-order valence-electron chi connectivity index (χ2n) is 8.83. The molecule has 0 unspecified atom stereocenters. The van der Waals surface area contributed by atoms with Crippen LogP contribution in [0.15, 0.2) is 48.0 Å². The van der Waals surface area contributed by atoms with Crippen molar-refractivity contribution in [2.45, 2.75) is 19.4 Å². The number of aliphatic hydroxyl groups excluding tert-OH is 1. The molecule has 2 aliphatic heterocycles. The Balaban J connectivity index is 1.71. The van der Waals surface area contributed by atoms with Crippen molar-refractivity contribution >= 4 is 23.1 Å². The lowest BCUT2D eigenvalue weighted by atomic mass is 9.93. The van der Waals surface area contributed by atoms with Gasteiger partial charge in [-0.25, -0.2) is 0 Å². The molecule has 10 nitrogen and oxygen atoms in total. The normalized spacial score (nSPS) is 20.1. The van der Waals surface area contributed by atoms with E-state index in [4.69, 9.17) is 9.47 Å². The summed E-state index contributed by atoms with van der Waals surface area (Å²) in [6.07, 6.45) is 0.623. The summed E-state index contributed by atoms with van der Waals surface area (Å²) in [6.45, 7) is 5.74. The number of likely N-dealkylation sites (tertiary alicyclic amines) is 1. The number of aryl methyl sites for hydroxylation is 1. The highest BCUT2D eigenvalue weighted by molar-refractivity contribution is 6.46. The van der Waals surface area contributed by atoms with Crippen molar-refractivity contribution in [1.82, 2.24) is 9.80 Å². The lowest BCUT2D eigenvalue weighted by Crippen LogP contribution is -2.38. The molecule has 2 fully saturated rings. The van der Waals surface area contributed by atoms with E-state index in [2.05, 4.69) is 4.90 Å². The van der Waals surface area contributed by atoms with Crippen LogP contribution >= 0.6 is 0 Å². The van der Waals surface area contributed by atoms with Crippen LogP contribution < -0.4 is 4.74 Å². The Morgan fingerprint density at radius 3 is 2.44 bits per heavy atom. The van der Waals surface area contributed by atoms with Crippen molar-refractivity contribution in [3.63, 3.8) is 0 Å². The monoisotopic (exact) mass is 495 g/mol. The van der Waals surface area contributed by atoms with E-state index < -0.39 is 22.7 Å². The molecule has 190 valence electrons. The molecule has 1 amide bonds. The summed E-state index contributed by atoms with van der Waals surface area (Å²) < 4.78 is 10.6. The van der Waals surface area contributed by atoms with Crippen molar-refractivity contribution in [3.8, 4) is 5.75 Å². The Hall–Kier alpha value is -3.76. The first-order chi connectivity index (χ1) is 17.3. The van der Waals surface area contributed by atoms with Crippen molar-refractivity contribution in [2.24, 2.45) is 0 Å². The van der Waals surface area contributed by atoms with Crippen LogP contribution in [0, 0.1) is 17.0 Å². The number of hydrogen-bond acceptors (Lipinski definition) is 8. The number of hydrogen-bond donors (Lipinski definition) is 1. The first-order valence-corrected chi connectivity index (χ1v) is 11.8. The van der Waals surface area contributed by atoms with Gasteiger partial charge in [-0.3, -0.25) is 24.6 Å². The number of benzene rings is 2. The van der Waals surface area contributed by atoms with Crippen LogP contribution in [0.1, 0.15) is 29.2 Å². The summed E-state index contributed by atoms with van der Waals surface area (Å²) in [5.74, 6) is -1.17. The Bertz CT molecular complexity index is 1190. The van der Waals surface area contributed by atoms with E-state index in [1.54, 1.807) is 25.1 Å². The van der Waals surface area contributed by atoms with Crippen LogP contribution in [0.4, 0.5) is 5.69 Å². The Kier molecular flexibility index (Phi) is 7.66. The van der Waals surface area contributed by atoms with E-state index in [1.165, 1.54) is 36.3 Å². The topological polar surface area (TPSA) is 122 Å². The molecule has 0 aliphatic carbocycles. The number of amides is 1. The number of ketones is 1. The third-order valence-electron chi connectivity index (χ3n) is 6.63. The molecule has 0 bridgehead atoms. The fourth-order valence-corrected chi connectivity index (χ4v) is 4.70. The Morgan fingerprint density at radius 1 is 1.14 bits per heavy atom. The van der Waals surface area contributed by atoms with Gasteiger partial charge in [0, 0.05) is 43.9 Å². The van der Waals surface area contributed by atoms with E-state index >= 15 is 0 Å². The number of morpholine rings is 1. The van der Waals surface area contributed by atoms with E-state index in [0.717, 1.165) is 19.6 Å². The average Bonchev–Trinajstić information content (AvgIpc) is 3.14. The molecule has 36 heavy (non-hydrogen) atoms. The third kappa shape index (κ3) is 5.09. The molecule has 2 saturated heterocycles. The second-order valence-corrected chi connectivity index (χ2v) is 8.83. The second kappa shape index (κ2) is 10.9. The van der Waals surface area contributed by atoms with Gasteiger partial charge in [-0.15, -0.1) is 0 Å². The first-order valence-electron chi connectivity index (χ1n) is 11.8. The number of methoxy groups -OCH3 is 1. The number of nitro groups is 1. The molecule has 4 rings (SSSR count). The molecular formula is C26H29N3O7. The van der Waals surface area contributed by atoms with Gasteiger partial charge >= 0.3 is 0 Å². The van der Waals surface area contributed by atoms with Crippen LogP contribution in [0.2, 0.25) is 0 Å². The zero-order valence-electron chi connectivity index (χ0n) is 20.3. The summed E-state index contributed by atoms with van der Waals surface area (Å²) in [5.41, 5.74) is 1.46. The number of non-ortho nitro benzene ring substituents is 1. The molecule has 0 aromatic heterocycles. The van der Waals surface area contributed by atoms with Gasteiger partial charge in [0.25, 0.3) is 17.4 Å². The van der Waals surface area contributed by atoms with Crippen LogP contribution in [0.25, 0.3) is 5.76 Å². The van der Waals surface area contributed by atoms with E-state index in [9.17, 15) is 24.8 Å². The van der Waals surface area contributed by atoms with Gasteiger partial charge in [0.05, 0.1) is 36.9 Å². The van der Waals surface area contributed by atoms with Crippen molar-refractivity contribution < 1.29 is 29.1 Å². The van der Waals surface area contributed by atoms with Gasteiger partial charge in [-0.2, -0.15) is 0 Å². The summed E-state index contributed by atoms with van der Waals surface area (Å²) in [4.78, 5) is 40.7. The third-order valence-corrected chi connectivity index (χ3v) is 6.63. The Morgan fingerprint density at radius 2 is 1.83 bits per heavy atom. The largest absolute Gasteiger partial charge is 0.507 e. The standard InChI is InChI=1S/C26H29N3O7/c1-17-16-20(35-2)8-9-21(17)24(30)22-23(18-4-6-19(7-5-18)29(33)34)28(26(32)25(22)31)11-3-10-27-12-14-36-15-13-27/h4-9,16,23,30H,3,10-15H2,1-2H3/b24-22+/t23-/m1/s1. The number of Topliss-reactive ketones (excluding diaryl/α,β-unsaturated/α-hetero) is 1. The quantitative estimate of drug-likeness (QED) is 0.195. The van der Waals surface area contributed by atoms with Crippen molar-refractivity contribution in [3.05, 3.63) is 74.8 Å². The van der Waals surface area contributed by atoms with E-state index in [1.807, 2.05) is 0 Å². The predicted molar refractivity (Wildman–Crippen MR) is 132 cm³/mol.